The van der Waals surface area contributed by atoms with Crippen LogP contribution in [0.5, 0.6) is 17.2 Å². The van der Waals surface area contributed by atoms with Crippen LogP contribution in [0.4, 0.5) is 24.7 Å². The summed E-state index contributed by atoms with van der Waals surface area (Å²) in [7, 11) is 2.71. The molecule has 65 heavy (non-hydrogen) atoms. The zero-order valence-corrected chi connectivity index (χ0v) is 35.6. The Bertz CT molecular complexity index is 2960. The number of phenols is 1. The number of allylic oxidation sites excluding steroid dienone is 2. The summed E-state index contributed by atoms with van der Waals surface area (Å²) in [5.74, 6) is -7.93. The number of amides is 4. The minimum atomic E-state index is -4.79. The van der Waals surface area contributed by atoms with E-state index in [-0.39, 0.29) is 35.7 Å². The van der Waals surface area contributed by atoms with Gasteiger partial charge in [-0.3, -0.25) is 29.5 Å². The van der Waals surface area contributed by atoms with Crippen LogP contribution < -0.4 is 19.8 Å². The first-order chi connectivity index (χ1) is 31.1. The van der Waals surface area contributed by atoms with E-state index in [1.165, 1.54) is 26.4 Å². The number of aromatic hydroxyl groups is 1. The van der Waals surface area contributed by atoms with Crippen molar-refractivity contribution in [1.82, 2.24) is 15.0 Å². The summed E-state index contributed by atoms with van der Waals surface area (Å²) < 4.78 is 58.6. The van der Waals surface area contributed by atoms with Crippen LogP contribution in [0, 0.1) is 23.7 Å². The highest BCUT2D eigenvalue weighted by molar-refractivity contribution is 6.33. The minimum absolute atomic E-state index is 0.0777. The third-order valence-electron chi connectivity index (χ3n) is 13.0. The molecule has 0 bridgehead atoms. The lowest BCUT2D eigenvalue weighted by Gasteiger charge is -2.51. The zero-order chi connectivity index (χ0) is 45.7. The molecule has 2 aromatic heterocycles. The second kappa shape index (κ2) is 15.4. The molecule has 330 valence electrons. The first-order valence-corrected chi connectivity index (χ1v) is 21.0. The zero-order valence-electron chi connectivity index (χ0n) is 34.1. The number of para-hydroxylation sites is 2. The maximum absolute atomic E-state index is 15.6. The predicted molar refractivity (Wildman–Crippen MR) is 230 cm³/mol. The third-order valence-corrected chi connectivity index (χ3v) is 13.6. The molecule has 0 spiro atoms. The highest BCUT2D eigenvalue weighted by atomic mass is 35.5. The van der Waals surface area contributed by atoms with E-state index in [0.29, 0.717) is 61.7 Å². The Morgan fingerprint density at radius 1 is 0.877 bits per heavy atom. The monoisotopic (exact) mass is 923 g/mol. The van der Waals surface area contributed by atoms with Crippen molar-refractivity contribution in [2.75, 3.05) is 24.5 Å². The molecule has 4 aliphatic rings. The summed E-state index contributed by atoms with van der Waals surface area (Å²) in [4.78, 5) is 69.7. The fraction of sp³-hybridized carbons (Fsp3) is 0.234. The lowest BCUT2D eigenvalue weighted by molar-refractivity contribution is -0.139. The molecule has 2 aliphatic carbocycles. The molecule has 13 nitrogen and oxygen atoms in total. The summed E-state index contributed by atoms with van der Waals surface area (Å²) >= 11 is 12.7. The number of nitrogens with zero attached hydrogens (tertiary/aromatic N) is 4. The van der Waals surface area contributed by atoms with E-state index in [4.69, 9.17) is 37.1 Å². The van der Waals surface area contributed by atoms with Crippen molar-refractivity contribution in [2.45, 2.75) is 30.4 Å². The van der Waals surface area contributed by atoms with Gasteiger partial charge in [-0.2, -0.15) is 18.2 Å². The number of aromatic nitrogens is 2. The molecule has 6 atom stereocenters. The Morgan fingerprint density at radius 3 is 2.22 bits per heavy atom. The molecule has 4 aromatic carbocycles. The smallest absolute Gasteiger partial charge is 0.417 e. The molecule has 2 aliphatic heterocycles. The lowest BCUT2D eigenvalue weighted by Crippen LogP contribution is -2.53. The van der Waals surface area contributed by atoms with E-state index < -0.39 is 81.2 Å². The molecule has 6 aromatic rings. The molecule has 6 unspecified atom stereocenters. The van der Waals surface area contributed by atoms with E-state index in [1.807, 2.05) is 24.3 Å². The molecule has 4 amide bonds. The molecule has 2 saturated heterocycles. The Morgan fingerprint density at radius 2 is 1.57 bits per heavy atom. The van der Waals surface area contributed by atoms with E-state index in [0.717, 1.165) is 4.90 Å². The van der Waals surface area contributed by atoms with E-state index in [9.17, 15) is 27.9 Å². The maximum atomic E-state index is 15.6. The molecule has 4 heterocycles. The highest BCUT2D eigenvalue weighted by Gasteiger charge is 2.71. The summed E-state index contributed by atoms with van der Waals surface area (Å²) in [6.45, 7) is 0. The number of ether oxygens (including phenoxy) is 2. The number of methoxy groups -OCH3 is 2. The number of halogens is 5. The number of rotatable bonds is 8. The maximum Gasteiger partial charge on any atom is 0.417 e. The topological polar surface area (TPSA) is 164 Å². The van der Waals surface area contributed by atoms with E-state index in [2.05, 4.69) is 15.4 Å². The number of oxazole rings is 1. The second-order valence-corrected chi connectivity index (χ2v) is 17.1. The number of carbonyl (C=O) groups is 4. The van der Waals surface area contributed by atoms with Crippen LogP contribution in [0.1, 0.15) is 35.4 Å². The molecule has 2 N–H and O–H groups in total. The number of alkyl halides is 3. The van der Waals surface area contributed by atoms with Crippen LogP contribution in [0.15, 0.2) is 113 Å². The predicted octanol–water partition coefficient (Wildman–Crippen LogP) is 9.13. The number of hydrogen-bond donors (Lipinski definition) is 2. The number of imide groups is 2. The average molecular weight is 925 g/mol. The van der Waals surface area contributed by atoms with Crippen LogP contribution in [0.2, 0.25) is 10.0 Å². The van der Waals surface area contributed by atoms with Gasteiger partial charge < -0.3 is 19.0 Å². The molecular formula is C47H34Cl2F3N5O8. The van der Waals surface area contributed by atoms with Gasteiger partial charge in [-0.15, -0.1) is 0 Å². The number of carbonyl (C=O) groups excluding carboxylic acids is 4. The molecule has 1 saturated carbocycles. The third kappa shape index (κ3) is 6.43. The van der Waals surface area contributed by atoms with Gasteiger partial charge in [0.15, 0.2) is 11.4 Å². The van der Waals surface area contributed by atoms with Gasteiger partial charge >= 0.3 is 6.18 Å². The van der Waals surface area contributed by atoms with Crippen molar-refractivity contribution < 1.29 is 51.3 Å². The number of hydrazine groups is 1. The van der Waals surface area contributed by atoms with Crippen molar-refractivity contribution in [3.8, 4) is 28.7 Å². The SMILES string of the molecule is COc1cc(O)cc(OC)c1C1C2=CCC3C(=O)N(c4ccc(-c5nc6ccccc6o5)cc4)C(=O)C3C2CC2C(=O)N(Nc3ncc(C(F)(F)F)cc3Cl)C(=O)C21c1ccc(Cl)cc1. The average Bonchev–Trinajstić information content (AvgIpc) is 3.91. The van der Waals surface area contributed by atoms with Crippen LogP contribution >= 0.6 is 23.2 Å². The minimum Gasteiger partial charge on any atom is -0.508 e. The fourth-order valence-electron chi connectivity index (χ4n) is 10.3. The summed E-state index contributed by atoms with van der Waals surface area (Å²) in [5, 5.41) is 11.3. The van der Waals surface area contributed by atoms with Gasteiger partial charge in [0.25, 0.3) is 11.8 Å². The Labute approximate surface area is 377 Å². The Kier molecular flexibility index (Phi) is 9.95. The van der Waals surface area contributed by atoms with Crippen LogP contribution in [0.3, 0.4) is 0 Å². The van der Waals surface area contributed by atoms with Crippen LogP contribution in [-0.2, 0) is 30.8 Å². The number of nitrogens with one attached hydrogen (secondary N) is 1. The number of pyridine rings is 1. The number of benzene rings is 4. The number of fused-ring (bicyclic) bond motifs is 5. The highest BCUT2D eigenvalue weighted by Crippen LogP contribution is 2.66. The van der Waals surface area contributed by atoms with Gasteiger partial charge in [0.2, 0.25) is 17.7 Å². The fourth-order valence-corrected chi connectivity index (χ4v) is 10.6. The van der Waals surface area contributed by atoms with Gasteiger partial charge in [0.05, 0.1) is 53.7 Å². The quantitative estimate of drug-likeness (QED) is 0.111. The molecular weight excluding hydrogens is 890 g/mol. The molecule has 0 radical (unpaired) electrons. The van der Waals surface area contributed by atoms with Crippen molar-refractivity contribution >= 4 is 69.4 Å². The van der Waals surface area contributed by atoms with E-state index >= 15 is 9.59 Å². The van der Waals surface area contributed by atoms with Gasteiger partial charge in [0, 0.05) is 40.4 Å². The molecule has 3 fully saturated rings. The summed E-state index contributed by atoms with van der Waals surface area (Å²) in [5.41, 5.74) is 2.85. The van der Waals surface area contributed by atoms with Crippen molar-refractivity contribution in [2.24, 2.45) is 23.7 Å². The normalized spacial score (nSPS) is 23.9. The number of phenolic OH excluding ortho intramolecular Hbond substituents is 1. The first kappa shape index (κ1) is 42.1. The van der Waals surface area contributed by atoms with Crippen molar-refractivity contribution in [3.05, 3.63) is 136 Å². The van der Waals surface area contributed by atoms with Crippen molar-refractivity contribution in [3.63, 3.8) is 0 Å². The summed E-state index contributed by atoms with van der Waals surface area (Å²) in [6.07, 6.45) is -2.50. The Hall–Kier alpha value is -6.91. The van der Waals surface area contributed by atoms with Gasteiger partial charge in [0.1, 0.15) is 22.8 Å². The van der Waals surface area contributed by atoms with Crippen LogP contribution in [0.25, 0.3) is 22.6 Å². The standard InChI is InChI=1S/C47H34Cl2F3N5O8/c1-63-35-18-27(58)19-36(64-2)38(35)39-28-15-16-29-37(44(61)56(42(29)59)26-13-7-22(8-14-26)41-54-33-5-3-4-6-34(33)65-41)30(28)20-31-43(60)57(45(62)46(31,39)23-9-11-25(48)12-10-23)55-40-32(49)17-24(21-53-40)47(50,51)52/h3-15,17-19,21,29-31,37,39,58H,16,20H2,1-2H3,(H,53,55). The number of hydrogen-bond acceptors (Lipinski definition) is 11. The molecule has 10 rings (SSSR count). The van der Waals surface area contributed by atoms with Gasteiger partial charge in [-0.05, 0) is 78.9 Å². The van der Waals surface area contributed by atoms with Gasteiger partial charge in [-0.25, -0.2) is 9.97 Å². The largest absolute Gasteiger partial charge is 0.508 e. The summed E-state index contributed by atoms with van der Waals surface area (Å²) in [6, 6.07) is 23.6. The van der Waals surface area contributed by atoms with Gasteiger partial charge in [-0.1, -0.05) is 59.1 Å². The van der Waals surface area contributed by atoms with Crippen LogP contribution in [-0.4, -0.2) is 57.9 Å². The Balaban J connectivity index is 1.11. The van der Waals surface area contributed by atoms with E-state index in [1.54, 1.807) is 54.6 Å². The van der Waals surface area contributed by atoms with Crippen molar-refractivity contribution in [1.29, 1.82) is 0 Å². The number of anilines is 2. The first-order valence-electron chi connectivity index (χ1n) is 20.3. The second-order valence-electron chi connectivity index (χ2n) is 16.2. The lowest BCUT2D eigenvalue weighted by atomic mass is 9.49. The molecule has 18 heteroatoms.